The lowest BCUT2D eigenvalue weighted by atomic mass is 10.1. The molecular weight excluding hydrogens is 399 g/mol. The number of halogens is 3. The Morgan fingerprint density at radius 2 is 1.73 bits per heavy atom. The maximum absolute atomic E-state index is 13.5. The van der Waals surface area contributed by atoms with Crippen molar-refractivity contribution in [1.29, 1.82) is 0 Å². The topological polar surface area (TPSA) is 83.4 Å². The largest absolute Gasteiger partial charge is 0.472 e. The van der Waals surface area contributed by atoms with E-state index < -0.39 is 35.4 Å². The zero-order chi connectivity index (χ0) is 21.7. The average Bonchev–Trinajstić information content (AvgIpc) is 3.24. The van der Waals surface area contributed by atoms with Crippen LogP contribution in [0.15, 0.2) is 71.5 Å². The van der Waals surface area contributed by atoms with Gasteiger partial charge in [-0.3, -0.25) is 4.79 Å². The number of alkyl halides is 3. The third-order valence-corrected chi connectivity index (χ3v) is 4.26. The summed E-state index contributed by atoms with van der Waals surface area (Å²) in [7, 11) is 0. The fourth-order valence-electron chi connectivity index (χ4n) is 2.74. The van der Waals surface area contributed by atoms with Gasteiger partial charge in [-0.15, -0.1) is 0 Å². The summed E-state index contributed by atoms with van der Waals surface area (Å²) >= 11 is 0. The zero-order valence-corrected chi connectivity index (χ0v) is 15.8. The lowest BCUT2D eigenvalue weighted by molar-refractivity contribution is -0.136. The number of urea groups is 1. The van der Waals surface area contributed by atoms with Crippen molar-refractivity contribution >= 4 is 23.3 Å². The summed E-state index contributed by atoms with van der Waals surface area (Å²) in [5, 5.41) is 7.18. The number of carbonyl (C=O) groups excluding carboxylic acids is 2. The number of furan rings is 1. The second-order valence-electron chi connectivity index (χ2n) is 6.46. The number of amides is 3. The van der Waals surface area contributed by atoms with Crippen molar-refractivity contribution in [2.24, 2.45) is 0 Å². The quantitative estimate of drug-likeness (QED) is 0.517. The van der Waals surface area contributed by atoms with Gasteiger partial charge in [0.2, 0.25) is 0 Å². The molecule has 3 rings (SSSR count). The van der Waals surface area contributed by atoms with Gasteiger partial charge in [0, 0.05) is 5.69 Å². The Bertz CT molecular complexity index is 1020. The molecule has 0 fully saturated rings. The molecule has 2 aromatic carbocycles. The Hall–Kier alpha value is -3.75. The first kappa shape index (κ1) is 21.0. The van der Waals surface area contributed by atoms with Crippen molar-refractivity contribution in [1.82, 2.24) is 5.32 Å². The lowest BCUT2D eigenvalue weighted by Crippen LogP contribution is -2.32. The van der Waals surface area contributed by atoms with Crippen LogP contribution in [0, 0.1) is 0 Å². The van der Waals surface area contributed by atoms with Crippen LogP contribution < -0.4 is 16.0 Å². The highest BCUT2D eigenvalue weighted by Gasteiger charge is 2.34. The Morgan fingerprint density at radius 1 is 1.00 bits per heavy atom. The number of benzene rings is 2. The molecule has 3 amide bonds. The highest BCUT2D eigenvalue weighted by Crippen LogP contribution is 2.36. The van der Waals surface area contributed by atoms with E-state index in [0.717, 1.165) is 17.7 Å². The van der Waals surface area contributed by atoms with Gasteiger partial charge in [0.15, 0.2) is 0 Å². The van der Waals surface area contributed by atoms with Crippen LogP contribution >= 0.6 is 0 Å². The number of nitrogens with one attached hydrogen (secondary N) is 3. The van der Waals surface area contributed by atoms with Crippen LogP contribution in [0.4, 0.5) is 29.3 Å². The van der Waals surface area contributed by atoms with Crippen LogP contribution in [0.25, 0.3) is 0 Å². The van der Waals surface area contributed by atoms with E-state index >= 15 is 0 Å². The van der Waals surface area contributed by atoms with E-state index in [2.05, 4.69) is 16.0 Å². The molecular formula is C21H18F3N3O3. The van der Waals surface area contributed by atoms with Gasteiger partial charge in [-0.25, -0.2) is 4.79 Å². The lowest BCUT2D eigenvalue weighted by Gasteiger charge is -2.18. The highest BCUT2D eigenvalue weighted by atomic mass is 19.4. The highest BCUT2D eigenvalue weighted by molar-refractivity contribution is 6.04. The van der Waals surface area contributed by atoms with Crippen molar-refractivity contribution in [3.63, 3.8) is 0 Å². The molecule has 6 nitrogen and oxygen atoms in total. The molecule has 0 radical (unpaired) electrons. The molecule has 156 valence electrons. The first-order valence-electron chi connectivity index (χ1n) is 8.91. The van der Waals surface area contributed by atoms with Gasteiger partial charge in [0.1, 0.15) is 6.26 Å². The number of hydrogen-bond donors (Lipinski definition) is 3. The summed E-state index contributed by atoms with van der Waals surface area (Å²) in [4.78, 5) is 24.2. The predicted molar refractivity (Wildman–Crippen MR) is 105 cm³/mol. The molecule has 9 heteroatoms. The van der Waals surface area contributed by atoms with E-state index in [4.69, 9.17) is 4.42 Å². The summed E-state index contributed by atoms with van der Waals surface area (Å²) in [6.45, 7) is 1.72. The Balaban J connectivity index is 1.75. The van der Waals surface area contributed by atoms with E-state index in [1.54, 1.807) is 31.2 Å². The SMILES string of the molecule is C[C@@H](NC(=O)Nc1ccc(NC(=O)c2ccoc2)cc1C(F)(F)F)c1ccccc1. The molecule has 30 heavy (non-hydrogen) atoms. The van der Waals surface area contributed by atoms with E-state index in [1.165, 1.54) is 24.7 Å². The first-order valence-corrected chi connectivity index (χ1v) is 8.91. The predicted octanol–water partition coefficient (Wildman–Crippen LogP) is 5.43. The van der Waals surface area contributed by atoms with Crippen molar-refractivity contribution in [3.05, 3.63) is 83.8 Å². The smallest absolute Gasteiger partial charge is 0.418 e. The van der Waals surface area contributed by atoms with Crippen molar-refractivity contribution in [2.45, 2.75) is 19.1 Å². The Kier molecular flexibility index (Phi) is 6.10. The average molecular weight is 417 g/mol. The molecule has 0 bridgehead atoms. The minimum atomic E-state index is -4.75. The third kappa shape index (κ3) is 5.19. The van der Waals surface area contributed by atoms with Crippen molar-refractivity contribution in [2.75, 3.05) is 10.6 Å². The van der Waals surface area contributed by atoms with Gasteiger partial charge in [0.05, 0.1) is 29.1 Å². The van der Waals surface area contributed by atoms with Crippen LogP contribution in [0.1, 0.15) is 34.5 Å². The van der Waals surface area contributed by atoms with Crippen LogP contribution in [0.3, 0.4) is 0 Å². The Morgan fingerprint density at radius 3 is 2.37 bits per heavy atom. The minimum Gasteiger partial charge on any atom is -0.472 e. The molecule has 0 aliphatic heterocycles. The molecule has 0 spiro atoms. The Labute approximate surface area is 170 Å². The zero-order valence-electron chi connectivity index (χ0n) is 15.8. The molecule has 3 N–H and O–H groups in total. The summed E-state index contributed by atoms with van der Waals surface area (Å²) in [6.07, 6.45) is -2.30. The molecule has 0 aliphatic rings. The fraction of sp³-hybridized carbons (Fsp3) is 0.143. The minimum absolute atomic E-state index is 0.0721. The standard InChI is InChI=1S/C21H18F3N3O3/c1-13(14-5-3-2-4-6-14)25-20(29)27-18-8-7-16(11-17(18)21(22,23)24)26-19(28)15-9-10-30-12-15/h2-13H,1H3,(H,26,28)(H2,25,27,29)/t13-/m1/s1. The summed E-state index contributed by atoms with van der Waals surface area (Å²) < 4.78 is 45.3. The molecule has 1 aromatic heterocycles. The van der Waals surface area contributed by atoms with E-state index in [-0.39, 0.29) is 11.3 Å². The summed E-state index contributed by atoms with van der Waals surface area (Å²) in [5.74, 6) is -0.619. The number of carbonyl (C=O) groups is 2. The van der Waals surface area contributed by atoms with E-state index in [9.17, 15) is 22.8 Å². The molecule has 1 heterocycles. The molecule has 0 aliphatic carbocycles. The maximum Gasteiger partial charge on any atom is 0.418 e. The van der Waals surface area contributed by atoms with E-state index in [0.29, 0.717) is 0 Å². The summed E-state index contributed by atoms with van der Waals surface area (Å²) in [6, 6.07) is 12.3. The molecule has 0 unspecified atom stereocenters. The van der Waals surface area contributed by atoms with Crippen LogP contribution in [0.5, 0.6) is 0 Å². The third-order valence-electron chi connectivity index (χ3n) is 4.26. The van der Waals surface area contributed by atoms with Gasteiger partial charge in [0.25, 0.3) is 5.91 Å². The normalized spacial score (nSPS) is 12.1. The van der Waals surface area contributed by atoms with Crippen molar-refractivity contribution in [3.8, 4) is 0 Å². The molecule has 1 atom stereocenters. The van der Waals surface area contributed by atoms with Gasteiger partial charge < -0.3 is 20.4 Å². The second kappa shape index (κ2) is 8.73. The summed E-state index contributed by atoms with van der Waals surface area (Å²) in [5.41, 5.74) is -0.616. The van der Waals surface area contributed by atoms with Gasteiger partial charge in [-0.1, -0.05) is 30.3 Å². The number of anilines is 2. The molecule has 3 aromatic rings. The first-order chi connectivity index (χ1) is 14.2. The van der Waals surface area contributed by atoms with Crippen LogP contribution in [-0.4, -0.2) is 11.9 Å². The van der Waals surface area contributed by atoms with Crippen molar-refractivity contribution < 1.29 is 27.2 Å². The van der Waals surface area contributed by atoms with Crippen LogP contribution in [0.2, 0.25) is 0 Å². The fourth-order valence-corrected chi connectivity index (χ4v) is 2.74. The maximum atomic E-state index is 13.5. The van der Waals surface area contributed by atoms with Gasteiger partial charge in [-0.2, -0.15) is 13.2 Å². The molecule has 0 saturated heterocycles. The number of rotatable bonds is 5. The van der Waals surface area contributed by atoms with E-state index in [1.807, 2.05) is 6.07 Å². The monoisotopic (exact) mass is 417 g/mol. The van der Waals surface area contributed by atoms with Gasteiger partial charge >= 0.3 is 12.2 Å². The van der Waals surface area contributed by atoms with Gasteiger partial charge in [-0.05, 0) is 36.8 Å². The number of hydrogen-bond acceptors (Lipinski definition) is 3. The van der Waals surface area contributed by atoms with Crippen LogP contribution in [-0.2, 0) is 6.18 Å². The second-order valence-corrected chi connectivity index (χ2v) is 6.46. The molecule has 0 saturated carbocycles.